The van der Waals surface area contributed by atoms with Gasteiger partial charge in [0.25, 0.3) is 0 Å². The van der Waals surface area contributed by atoms with Crippen molar-refractivity contribution >= 4 is 31.2 Å². The van der Waals surface area contributed by atoms with Crippen LogP contribution in [0.4, 0.5) is 0 Å². The number of imidazole rings is 1. The Labute approximate surface area is 65.5 Å². The van der Waals surface area contributed by atoms with E-state index in [1.807, 2.05) is 26.2 Å². The molecule has 11 heavy (non-hydrogen) atoms. The van der Waals surface area contributed by atoms with Crippen LogP contribution < -0.4 is 0 Å². The fourth-order valence-corrected chi connectivity index (χ4v) is 1.08. The molecule has 0 fully saturated rings. The average molecular weight is 142 g/mol. The monoisotopic (exact) mass is 142 g/mol. The molecule has 2 aromatic rings. The van der Waals surface area contributed by atoms with Crippen molar-refractivity contribution in [3.8, 4) is 0 Å². The van der Waals surface area contributed by atoms with E-state index in [1.54, 1.807) is 0 Å². The second-order valence-electron chi connectivity index (χ2n) is 2.36. The van der Waals surface area contributed by atoms with E-state index in [-0.39, 0.29) is 6.61 Å². The number of H-pyrrole nitrogens is 1. The third kappa shape index (κ3) is 1.18. The predicted molar refractivity (Wildman–Crippen MR) is 46.1 cm³/mol. The topological polar surface area (TPSA) is 48.9 Å². The number of nitrogens with zero attached hydrogens (tertiary/aromatic N) is 1. The van der Waals surface area contributed by atoms with Crippen LogP contribution in [0.1, 0.15) is 5.82 Å². The van der Waals surface area contributed by atoms with Gasteiger partial charge in [0.1, 0.15) is 0 Å². The zero-order chi connectivity index (χ0) is 7.68. The number of hydrogen-bond donors (Lipinski definition) is 2. The molecule has 0 unspecified atom stereocenters. The van der Waals surface area contributed by atoms with Gasteiger partial charge in [-0.2, -0.15) is 0 Å². The van der Waals surface area contributed by atoms with Gasteiger partial charge in [0, 0.05) is 0 Å². The molecular weight excluding hydrogens is 137 g/mol. The second-order valence-corrected chi connectivity index (χ2v) is 2.36. The Balaban J connectivity index is 2.69. The number of aliphatic hydroxyl groups is 1. The molecule has 0 aliphatic rings. The maximum absolute atomic E-state index is 8.74. The molecule has 0 amide bonds. The Hall–Kier alpha value is -0.765. The molecular formula is C5H5B3N2O. The van der Waals surface area contributed by atoms with Gasteiger partial charge in [0.2, 0.25) is 0 Å². The van der Waals surface area contributed by atoms with E-state index in [0.717, 1.165) is 10.9 Å². The molecule has 2 heterocycles. The SMILES string of the molecule is OCc1nc2cbbbc2[nH]1. The number of hydrogen-bond acceptors (Lipinski definition) is 2. The fraction of sp³-hybridized carbons (Fsp3) is 0.200. The van der Waals surface area contributed by atoms with Gasteiger partial charge >= 0.3 is 64.7 Å². The van der Waals surface area contributed by atoms with Crippen molar-refractivity contribution in [1.82, 2.24) is 9.97 Å². The molecule has 2 aromatic heterocycles. The maximum atomic E-state index is 8.74. The molecule has 0 bridgehead atoms. The van der Waals surface area contributed by atoms with Crippen molar-refractivity contribution in [1.29, 1.82) is 0 Å². The van der Waals surface area contributed by atoms with E-state index >= 15 is 0 Å². The average Bonchev–Trinajstić information content (AvgIpc) is 2.46. The van der Waals surface area contributed by atoms with Crippen molar-refractivity contribution in [3.63, 3.8) is 0 Å². The molecule has 0 saturated carbocycles. The zero-order valence-corrected chi connectivity index (χ0v) is 5.91. The van der Waals surface area contributed by atoms with E-state index in [9.17, 15) is 0 Å². The molecule has 2 rings (SSSR count). The Bertz CT molecular complexity index is 342. The molecule has 0 atom stereocenters. The molecule has 3 nitrogen and oxygen atoms in total. The van der Waals surface area contributed by atoms with Gasteiger partial charge in [-0.25, -0.2) is 0 Å². The summed E-state index contributed by atoms with van der Waals surface area (Å²) in [7, 11) is 0. The van der Waals surface area contributed by atoms with E-state index in [2.05, 4.69) is 9.97 Å². The summed E-state index contributed by atoms with van der Waals surface area (Å²) >= 11 is 0. The summed E-state index contributed by atoms with van der Waals surface area (Å²) in [6.07, 6.45) is 0. The standard InChI is InChI=1S/C5H5B3N2O/c11-2-4-9-3-1-6-8-7-5(3)10-4/h1,11H,2H2,(H,9,10). The molecule has 0 spiro atoms. The minimum absolute atomic E-state index is 0.0331. The summed E-state index contributed by atoms with van der Waals surface area (Å²) in [4.78, 5) is 7.11. The summed E-state index contributed by atoms with van der Waals surface area (Å²) in [6, 6.07) is 0. The molecule has 0 aromatic carbocycles. The Kier molecular flexibility index (Phi) is 1.70. The summed E-state index contributed by atoms with van der Waals surface area (Å²) in [5, 5.41) is 8.74. The van der Waals surface area contributed by atoms with Crippen LogP contribution in [0.3, 0.4) is 0 Å². The summed E-state index contributed by atoms with van der Waals surface area (Å²) in [5.41, 5.74) is 1.87. The molecule has 0 saturated heterocycles. The first kappa shape index (κ1) is 6.92. The number of nitrogens with one attached hydrogen (secondary N) is 1. The number of fused-ring (bicyclic) bond motifs is 1. The first-order valence-corrected chi connectivity index (χ1v) is 3.44. The Morgan fingerprint density at radius 2 is 2.55 bits per heavy atom. The van der Waals surface area contributed by atoms with Gasteiger partial charge in [0.15, 0.2) is 0 Å². The molecule has 50 valence electrons. The van der Waals surface area contributed by atoms with Gasteiger partial charge in [0.05, 0.1) is 0 Å². The number of aromatic nitrogens is 2. The number of aliphatic hydroxyl groups excluding tert-OH is 1. The zero-order valence-electron chi connectivity index (χ0n) is 5.91. The Morgan fingerprint density at radius 3 is 3.27 bits per heavy atom. The minimum atomic E-state index is -0.0331. The molecule has 0 aliphatic heterocycles. The van der Waals surface area contributed by atoms with Crippen molar-refractivity contribution < 1.29 is 5.11 Å². The Morgan fingerprint density at radius 1 is 1.64 bits per heavy atom. The third-order valence-corrected chi connectivity index (χ3v) is 1.59. The van der Waals surface area contributed by atoms with Crippen LogP contribution >= 0.6 is 0 Å². The first-order valence-electron chi connectivity index (χ1n) is 3.44. The second kappa shape index (κ2) is 2.70. The van der Waals surface area contributed by atoms with E-state index in [4.69, 9.17) is 5.11 Å². The van der Waals surface area contributed by atoms with Gasteiger partial charge < -0.3 is 0 Å². The number of aromatic amines is 1. The van der Waals surface area contributed by atoms with Gasteiger partial charge in [-0.1, -0.05) is 0 Å². The van der Waals surface area contributed by atoms with E-state index in [1.165, 1.54) is 0 Å². The van der Waals surface area contributed by atoms with Crippen molar-refractivity contribution in [2.45, 2.75) is 6.61 Å². The van der Waals surface area contributed by atoms with Crippen LogP contribution in [0.25, 0.3) is 10.9 Å². The van der Waals surface area contributed by atoms with Crippen LogP contribution in [0.5, 0.6) is 0 Å². The van der Waals surface area contributed by atoms with Crippen LogP contribution in [-0.4, -0.2) is 35.4 Å². The number of rotatable bonds is 1. The van der Waals surface area contributed by atoms with Crippen molar-refractivity contribution in [2.24, 2.45) is 0 Å². The predicted octanol–water partition coefficient (Wildman–Crippen LogP) is -0.931. The van der Waals surface area contributed by atoms with Gasteiger partial charge in [-0.05, 0) is 0 Å². The van der Waals surface area contributed by atoms with Crippen LogP contribution in [0, 0.1) is 0 Å². The fourth-order valence-electron chi connectivity index (χ4n) is 1.08. The molecule has 0 aliphatic carbocycles. The normalized spacial score (nSPS) is 9.55. The van der Waals surface area contributed by atoms with Crippen LogP contribution in [0.2, 0.25) is 0 Å². The quantitative estimate of drug-likeness (QED) is 0.539. The third-order valence-electron chi connectivity index (χ3n) is 1.59. The van der Waals surface area contributed by atoms with Crippen LogP contribution in [-0.2, 0) is 6.61 Å². The van der Waals surface area contributed by atoms with Crippen LogP contribution in [0.15, 0.2) is 5.96 Å². The van der Waals surface area contributed by atoms with Crippen molar-refractivity contribution in [2.75, 3.05) is 0 Å². The summed E-state index contributed by atoms with van der Waals surface area (Å²) < 4.78 is 0. The first-order chi connectivity index (χ1) is 5.40. The summed E-state index contributed by atoms with van der Waals surface area (Å²) in [6.45, 7) is 5.75. The van der Waals surface area contributed by atoms with Gasteiger partial charge in [-0.3, -0.25) is 0 Å². The summed E-state index contributed by atoms with van der Waals surface area (Å²) in [5.74, 6) is 2.52. The molecule has 0 radical (unpaired) electrons. The van der Waals surface area contributed by atoms with Gasteiger partial charge in [-0.15, -0.1) is 0 Å². The van der Waals surface area contributed by atoms with E-state index in [0.29, 0.717) is 5.82 Å². The van der Waals surface area contributed by atoms with E-state index < -0.39 is 0 Å². The van der Waals surface area contributed by atoms with Crippen molar-refractivity contribution in [3.05, 3.63) is 11.8 Å². The molecule has 6 heteroatoms. The molecule has 2 N–H and O–H groups in total.